The Bertz CT molecular complexity index is 2480. The Labute approximate surface area is 736 Å². The maximum atomic E-state index is 13.5. The van der Waals surface area contributed by atoms with E-state index in [2.05, 4.69) is 5.32 Å². The molecule has 1 aliphatic rings. The van der Waals surface area contributed by atoms with Gasteiger partial charge in [0.25, 0.3) is 11.8 Å². The van der Waals surface area contributed by atoms with Crippen LogP contribution in [-0.2, 0) is 171 Å². The minimum atomic E-state index is -1.21. The Kier molecular flexibility index (Phi) is 85.6. The topological polar surface area (TPSA) is 410 Å². The Hall–Kier alpha value is -4.58. The van der Waals surface area contributed by atoms with Gasteiger partial charge in [0.1, 0.15) is 34.3 Å². The fourth-order valence-corrected chi connectivity index (χ4v) is 10.4. The van der Waals surface area contributed by atoms with Crippen molar-refractivity contribution in [2.45, 2.75) is 136 Å². The number of ether oxygens (including phenoxy) is 28. The molecule has 0 unspecified atom stereocenters. The summed E-state index contributed by atoms with van der Waals surface area (Å²) in [6.07, 6.45) is 7.32. The number of esters is 1. The Morgan fingerprint density at radius 1 is 0.250 bits per heavy atom. The van der Waals surface area contributed by atoms with Crippen LogP contribution in [0.15, 0.2) is 12.2 Å². The summed E-state index contributed by atoms with van der Waals surface area (Å²) in [6, 6.07) is 0. The lowest BCUT2D eigenvalue weighted by Crippen LogP contribution is -2.59. The molecular weight excluding hydrogens is 1640 g/mol. The third kappa shape index (κ3) is 84.3. The predicted octanol–water partition coefficient (Wildman–Crippen LogP) is 4.33. The summed E-state index contributed by atoms with van der Waals surface area (Å²) in [4.78, 5) is 99.0. The number of hydrogen-bond acceptors (Lipinski definition) is 36. The van der Waals surface area contributed by atoms with E-state index < -0.39 is 11.1 Å². The molecule has 1 heterocycles. The summed E-state index contributed by atoms with van der Waals surface area (Å²) in [6.45, 7) is 29.2. The Balaban J connectivity index is 2.05. The molecule has 0 aliphatic carbocycles. The zero-order valence-corrected chi connectivity index (χ0v) is 75.6. The number of carbonyl (C=O) groups excluding carboxylic acids is 8. The second kappa shape index (κ2) is 90.4. The van der Waals surface area contributed by atoms with Gasteiger partial charge in [0, 0.05) is 89.7 Å². The van der Waals surface area contributed by atoms with E-state index in [-0.39, 0.29) is 151 Å². The first-order valence-electron chi connectivity index (χ1n) is 44.3. The number of amides is 3. The summed E-state index contributed by atoms with van der Waals surface area (Å²) < 4.78 is 156. The molecule has 0 spiro atoms. The van der Waals surface area contributed by atoms with Gasteiger partial charge in [-0.05, 0) is 46.5 Å². The van der Waals surface area contributed by atoms with Crippen molar-refractivity contribution >= 4 is 46.8 Å². The molecule has 0 radical (unpaired) electrons. The van der Waals surface area contributed by atoms with E-state index >= 15 is 0 Å². The summed E-state index contributed by atoms with van der Waals surface area (Å²) in [5.41, 5.74) is -1.71. The molecule has 0 aromatic rings. The van der Waals surface area contributed by atoms with Gasteiger partial charge in [-0.1, -0.05) is 13.8 Å². The van der Waals surface area contributed by atoms with Crippen molar-refractivity contribution in [3.05, 3.63) is 12.2 Å². The van der Waals surface area contributed by atoms with Crippen molar-refractivity contribution < 1.29 is 171 Å². The van der Waals surface area contributed by atoms with Crippen LogP contribution in [0, 0.1) is 0 Å². The van der Waals surface area contributed by atoms with Crippen molar-refractivity contribution in [1.82, 2.24) is 10.2 Å². The number of imide groups is 1. The molecule has 0 aromatic carbocycles. The zero-order chi connectivity index (χ0) is 89.9. The van der Waals surface area contributed by atoms with Crippen molar-refractivity contribution in [2.24, 2.45) is 0 Å². The van der Waals surface area contributed by atoms with Crippen LogP contribution in [0.2, 0.25) is 0 Å². The highest BCUT2D eigenvalue weighted by molar-refractivity contribution is 6.13. The number of rotatable bonds is 103. The quantitative estimate of drug-likeness (QED) is 0.0503. The lowest BCUT2D eigenvalue weighted by atomic mass is 10.0. The normalized spacial score (nSPS) is 12.4. The number of ketones is 4. The van der Waals surface area contributed by atoms with Gasteiger partial charge in [-0.15, -0.1) is 0 Å². The molecular formula is C86H156N2O36. The molecule has 0 bridgehead atoms. The first-order chi connectivity index (χ1) is 60.6. The van der Waals surface area contributed by atoms with Crippen molar-refractivity contribution in [2.75, 3.05) is 363 Å². The molecule has 0 saturated heterocycles. The van der Waals surface area contributed by atoms with Gasteiger partial charge in [-0.3, -0.25) is 43.3 Å². The highest BCUT2D eigenvalue weighted by Gasteiger charge is 2.34. The molecule has 0 atom stereocenters. The standard InChI is InChI=1S/C86H156N2O36/c1-6-10-77(89)17-25-121-74-86(75-122-26-18-78(90)11-7-2,76-123-27-19-80(92)13-9-24-98-31-35-102-39-43-106-47-51-110-55-59-114-63-67-118-71-73-120-69-65-116-61-57-112-53-49-108-45-41-104-37-33-100-29-21-84(96)124-85(3,4)5)87-81(93)20-28-99-32-36-103-40-44-107-48-52-111-56-60-115-64-68-119-72-70-117-66-62-113-58-54-109-50-46-105-42-38-101-34-30-97-23-8-12-79(91)16-22-88-82(94)14-15-83(88)95/h14-15H,6-13,16-76H2,1-5H3,(H,87,93). The summed E-state index contributed by atoms with van der Waals surface area (Å²) >= 11 is 0. The van der Waals surface area contributed by atoms with Crippen LogP contribution in [0.3, 0.4) is 0 Å². The van der Waals surface area contributed by atoms with Crippen LogP contribution < -0.4 is 5.32 Å². The maximum absolute atomic E-state index is 13.5. The first kappa shape index (κ1) is 117. The van der Waals surface area contributed by atoms with E-state index in [0.29, 0.717) is 336 Å². The highest BCUT2D eigenvalue weighted by Crippen LogP contribution is 2.14. The van der Waals surface area contributed by atoms with Crippen LogP contribution >= 0.6 is 0 Å². The van der Waals surface area contributed by atoms with E-state index in [1.165, 1.54) is 12.2 Å². The van der Waals surface area contributed by atoms with E-state index in [0.717, 1.165) is 17.7 Å². The molecule has 1 N–H and O–H groups in total. The first-order valence-corrected chi connectivity index (χ1v) is 44.3. The molecule has 1 aliphatic heterocycles. The molecule has 726 valence electrons. The summed E-state index contributed by atoms with van der Waals surface area (Å²) in [5.74, 6) is -1.31. The number of carbonyl (C=O) groups is 8. The van der Waals surface area contributed by atoms with Gasteiger partial charge in [0.15, 0.2) is 0 Å². The molecule has 38 nitrogen and oxygen atoms in total. The van der Waals surface area contributed by atoms with Gasteiger partial charge in [0.05, 0.1) is 350 Å². The fraction of sp³-hybridized carbons (Fsp3) is 0.884. The number of Topliss-reactive ketones (excluding diaryl/α,β-unsaturated/α-hetero) is 4. The molecule has 0 fully saturated rings. The third-order valence-electron chi connectivity index (χ3n) is 16.7. The lowest BCUT2D eigenvalue weighted by molar-refractivity contribution is -0.156. The minimum Gasteiger partial charge on any atom is -0.460 e. The van der Waals surface area contributed by atoms with Gasteiger partial charge in [-0.25, -0.2) is 0 Å². The maximum Gasteiger partial charge on any atom is 0.308 e. The van der Waals surface area contributed by atoms with Gasteiger partial charge in [0.2, 0.25) is 5.91 Å². The average molecular weight is 1790 g/mol. The molecule has 124 heavy (non-hydrogen) atoms. The fourth-order valence-electron chi connectivity index (χ4n) is 10.4. The molecule has 3 amide bonds. The summed E-state index contributed by atoms with van der Waals surface area (Å²) in [5, 5.41) is 3.04. The second-order valence-electron chi connectivity index (χ2n) is 28.8. The van der Waals surface area contributed by atoms with Crippen molar-refractivity contribution in [3.63, 3.8) is 0 Å². The molecule has 0 saturated carbocycles. The number of nitrogens with one attached hydrogen (secondary N) is 1. The van der Waals surface area contributed by atoms with Crippen LogP contribution in [0.1, 0.15) is 125 Å². The zero-order valence-electron chi connectivity index (χ0n) is 75.6. The summed E-state index contributed by atoms with van der Waals surface area (Å²) in [7, 11) is 0. The van der Waals surface area contributed by atoms with Crippen molar-refractivity contribution in [1.29, 1.82) is 0 Å². The van der Waals surface area contributed by atoms with E-state index in [1.54, 1.807) is 0 Å². The Morgan fingerprint density at radius 2 is 0.452 bits per heavy atom. The number of hydrogen-bond donors (Lipinski definition) is 1. The highest BCUT2D eigenvalue weighted by atomic mass is 16.6. The minimum absolute atomic E-state index is 0.00229. The van der Waals surface area contributed by atoms with Gasteiger partial charge < -0.3 is 138 Å². The third-order valence-corrected chi connectivity index (χ3v) is 16.7. The van der Waals surface area contributed by atoms with E-state index in [9.17, 15) is 38.4 Å². The SMILES string of the molecule is CCCC(=O)CCOCC(COCCC(=O)CCC)(COCCC(=O)CCCOCCOCCOCCOCCOCCOCCOCCOCCOCCOCCOCCOCCC(=O)OC(C)(C)C)NC(=O)CCOCCOCCOCCOCCOCCOCCOCCOCCOCCOCCOCCOCCCC(=O)CCN1C(=O)C=CC1=O. The van der Waals surface area contributed by atoms with Gasteiger partial charge in [-0.2, -0.15) is 0 Å². The van der Waals surface area contributed by atoms with E-state index in [1.807, 2.05) is 34.6 Å². The second-order valence-corrected chi connectivity index (χ2v) is 28.8. The number of nitrogens with zero attached hydrogens (tertiary/aromatic N) is 1. The lowest BCUT2D eigenvalue weighted by Gasteiger charge is -2.34. The van der Waals surface area contributed by atoms with Crippen LogP contribution in [0.4, 0.5) is 0 Å². The van der Waals surface area contributed by atoms with Crippen LogP contribution in [0.25, 0.3) is 0 Å². The van der Waals surface area contributed by atoms with Crippen LogP contribution in [0.5, 0.6) is 0 Å². The molecule has 0 aromatic heterocycles. The van der Waals surface area contributed by atoms with Gasteiger partial charge >= 0.3 is 5.97 Å². The smallest absolute Gasteiger partial charge is 0.308 e. The Morgan fingerprint density at radius 3 is 0.685 bits per heavy atom. The monoisotopic (exact) mass is 1790 g/mol. The van der Waals surface area contributed by atoms with E-state index in [4.69, 9.17) is 133 Å². The largest absolute Gasteiger partial charge is 0.460 e. The average Bonchev–Trinajstić information content (AvgIpc) is 1.22. The van der Waals surface area contributed by atoms with Crippen LogP contribution in [-0.4, -0.2) is 426 Å². The van der Waals surface area contributed by atoms with Crippen molar-refractivity contribution in [3.8, 4) is 0 Å². The predicted molar refractivity (Wildman–Crippen MR) is 451 cm³/mol. The molecule has 38 heteroatoms. The molecule has 1 rings (SSSR count).